The maximum Gasteiger partial charge on any atom is 0.101 e. The minimum absolute atomic E-state index is 0.193. The van der Waals surface area contributed by atoms with E-state index >= 15 is 0 Å². The van der Waals surface area contributed by atoms with E-state index in [4.69, 9.17) is 16.9 Å². The number of nitrogens with zero attached hydrogens (tertiary/aromatic N) is 1. The maximum absolute atomic E-state index is 9.19. The Morgan fingerprint density at radius 3 is 2.71 bits per heavy atom. The van der Waals surface area contributed by atoms with Crippen LogP contribution in [0, 0.1) is 11.3 Å². The molecular weight excluding hydrogens is 198 g/mol. The standard InChI is InChI=1S/C11H10ClNO/c12-11-7(6-13)2-1-3-10(11)8-4-9(14)5-8/h1-3,8-9,14H,4-5H2. The number of hydrogen-bond donors (Lipinski definition) is 1. The molecule has 3 heteroatoms. The first-order chi connectivity index (χ1) is 6.72. The first kappa shape index (κ1) is 9.51. The van der Waals surface area contributed by atoms with Crippen LogP contribution in [0.25, 0.3) is 0 Å². The molecule has 0 aliphatic heterocycles. The van der Waals surface area contributed by atoms with Crippen molar-refractivity contribution in [1.82, 2.24) is 0 Å². The van der Waals surface area contributed by atoms with Crippen molar-refractivity contribution >= 4 is 11.6 Å². The van der Waals surface area contributed by atoms with Crippen LogP contribution in [0.2, 0.25) is 5.02 Å². The van der Waals surface area contributed by atoms with Crippen molar-refractivity contribution in [3.8, 4) is 6.07 Å². The molecule has 2 nitrogen and oxygen atoms in total. The lowest BCUT2D eigenvalue weighted by Gasteiger charge is -2.32. The Bertz CT molecular complexity index is 391. The van der Waals surface area contributed by atoms with E-state index in [0.717, 1.165) is 18.4 Å². The molecular formula is C11H10ClNO. The number of halogens is 1. The molecule has 0 saturated heterocycles. The molecule has 1 aliphatic rings. The highest BCUT2D eigenvalue weighted by Crippen LogP contribution is 2.40. The zero-order chi connectivity index (χ0) is 10.1. The van der Waals surface area contributed by atoms with E-state index in [1.807, 2.05) is 12.1 Å². The van der Waals surface area contributed by atoms with Gasteiger partial charge in [-0.1, -0.05) is 23.7 Å². The van der Waals surface area contributed by atoms with Gasteiger partial charge in [0, 0.05) is 0 Å². The number of nitriles is 1. The third-order valence-electron chi connectivity index (χ3n) is 2.70. The molecule has 14 heavy (non-hydrogen) atoms. The molecule has 0 atom stereocenters. The van der Waals surface area contributed by atoms with Crippen molar-refractivity contribution in [1.29, 1.82) is 5.26 Å². The minimum atomic E-state index is -0.193. The summed E-state index contributed by atoms with van der Waals surface area (Å²) in [4.78, 5) is 0. The number of rotatable bonds is 1. The third-order valence-corrected chi connectivity index (χ3v) is 3.12. The van der Waals surface area contributed by atoms with Gasteiger partial charge in [0.25, 0.3) is 0 Å². The van der Waals surface area contributed by atoms with E-state index in [1.54, 1.807) is 6.07 Å². The molecule has 1 aliphatic carbocycles. The predicted octanol–water partition coefficient (Wildman–Crippen LogP) is 2.45. The van der Waals surface area contributed by atoms with Crippen LogP contribution in [0.3, 0.4) is 0 Å². The molecule has 2 rings (SSSR count). The smallest absolute Gasteiger partial charge is 0.101 e. The summed E-state index contributed by atoms with van der Waals surface area (Å²) in [6.07, 6.45) is 1.32. The van der Waals surface area contributed by atoms with Gasteiger partial charge in [-0.2, -0.15) is 5.26 Å². The molecule has 1 fully saturated rings. The minimum Gasteiger partial charge on any atom is -0.393 e. The highest BCUT2D eigenvalue weighted by atomic mass is 35.5. The Hall–Kier alpha value is -1.04. The van der Waals surface area contributed by atoms with Crippen LogP contribution in [0.15, 0.2) is 18.2 Å². The highest BCUT2D eigenvalue weighted by molar-refractivity contribution is 6.32. The fourth-order valence-electron chi connectivity index (χ4n) is 1.79. The van der Waals surface area contributed by atoms with Crippen LogP contribution in [0.4, 0.5) is 0 Å². The van der Waals surface area contributed by atoms with Crippen molar-refractivity contribution in [3.05, 3.63) is 34.3 Å². The number of aliphatic hydroxyl groups is 1. The number of hydrogen-bond acceptors (Lipinski definition) is 2. The van der Waals surface area contributed by atoms with Crippen LogP contribution in [-0.4, -0.2) is 11.2 Å². The molecule has 1 saturated carbocycles. The van der Waals surface area contributed by atoms with Gasteiger partial charge in [-0.05, 0) is 30.4 Å². The summed E-state index contributed by atoms with van der Waals surface area (Å²) in [5.74, 6) is 0.325. The lowest BCUT2D eigenvalue weighted by atomic mass is 9.77. The lowest BCUT2D eigenvalue weighted by Crippen LogP contribution is -2.26. The summed E-state index contributed by atoms with van der Waals surface area (Å²) in [7, 11) is 0. The summed E-state index contributed by atoms with van der Waals surface area (Å²) in [5.41, 5.74) is 1.52. The quantitative estimate of drug-likeness (QED) is 0.769. The fourth-order valence-corrected chi connectivity index (χ4v) is 2.12. The summed E-state index contributed by atoms with van der Waals surface area (Å²) >= 11 is 6.06. The second kappa shape index (κ2) is 3.61. The third kappa shape index (κ3) is 1.50. The molecule has 0 bridgehead atoms. The summed E-state index contributed by atoms with van der Waals surface area (Å²) in [6, 6.07) is 7.53. The molecule has 1 aromatic rings. The molecule has 72 valence electrons. The second-order valence-electron chi connectivity index (χ2n) is 3.64. The van der Waals surface area contributed by atoms with E-state index < -0.39 is 0 Å². The van der Waals surface area contributed by atoms with Crippen molar-refractivity contribution in [3.63, 3.8) is 0 Å². The molecule has 0 aromatic heterocycles. The molecule has 0 amide bonds. The fraction of sp³-hybridized carbons (Fsp3) is 0.364. The maximum atomic E-state index is 9.19. The normalized spacial score (nSPS) is 25.2. The Balaban J connectivity index is 2.31. The van der Waals surface area contributed by atoms with E-state index in [2.05, 4.69) is 6.07 Å². The van der Waals surface area contributed by atoms with Gasteiger partial charge in [-0.3, -0.25) is 0 Å². The van der Waals surface area contributed by atoms with E-state index in [0.29, 0.717) is 16.5 Å². The molecule has 0 unspecified atom stereocenters. The summed E-state index contributed by atoms with van der Waals surface area (Å²) in [5, 5.41) is 18.5. The largest absolute Gasteiger partial charge is 0.393 e. The van der Waals surface area contributed by atoms with Gasteiger partial charge in [0.2, 0.25) is 0 Å². The molecule has 0 heterocycles. The Morgan fingerprint density at radius 2 is 2.14 bits per heavy atom. The van der Waals surface area contributed by atoms with Gasteiger partial charge in [-0.25, -0.2) is 0 Å². The zero-order valence-electron chi connectivity index (χ0n) is 7.57. The Kier molecular flexibility index (Phi) is 2.45. The Labute approximate surface area is 87.7 Å². The van der Waals surface area contributed by atoms with Gasteiger partial charge in [0.15, 0.2) is 0 Å². The van der Waals surface area contributed by atoms with E-state index in [-0.39, 0.29) is 6.10 Å². The zero-order valence-corrected chi connectivity index (χ0v) is 8.33. The van der Waals surface area contributed by atoms with E-state index in [1.165, 1.54) is 0 Å². The lowest BCUT2D eigenvalue weighted by molar-refractivity contribution is 0.0747. The van der Waals surface area contributed by atoms with Crippen LogP contribution in [-0.2, 0) is 0 Å². The van der Waals surface area contributed by atoms with Crippen LogP contribution < -0.4 is 0 Å². The number of aliphatic hydroxyl groups excluding tert-OH is 1. The molecule has 1 N–H and O–H groups in total. The van der Waals surface area contributed by atoms with Crippen LogP contribution >= 0.6 is 11.6 Å². The second-order valence-corrected chi connectivity index (χ2v) is 4.02. The van der Waals surface area contributed by atoms with Gasteiger partial charge in [0.05, 0.1) is 16.7 Å². The molecule has 0 spiro atoms. The first-order valence-electron chi connectivity index (χ1n) is 4.59. The van der Waals surface area contributed by atoms with Crippen molar-refractivity contribution < 1.29 is 5.11 Å². The SMILES string of the molecule is N#Cc1cccc(C2CC(O)C2)c1Cl. The average molecular weight is 208 g/mol. The van der Waals surface area contributed by atoms with Crippen LogP contribution in [0.5, 0.6) is 0 Å². The topological polar surface area (TPSA) is 44.0 Å². The predicted molar refractivity (Wildman–Crippen MR) is 54.1 cm³/mol. The molecule has 1 aromatic carbocycles. The van der Waals surface area contributed by atoms with Crippen molar-refractivity contribution in [2.75, 3.05) is 0 Å². The summed E-state index contributed by atoms with van der Waals surface area (Å²) in [6.45, 7) is 0. The van der Waals surface area contributed by atoms with Gasteiger partial charge in [0.1, 0.15) is 6.07 Å². The first-order valence-corrected chi connectivity index (χ1v) is 4.96. The van der Waals surface area contributed by atoms with Gasteiger partial charge in [-0.15, -0.1) is 0 Å². The average Bonchev–Trinajstić information content (AvgIpc) is 2.14. The highest BCUT2D eigenvalue weighted by Gasteiger charge is 2.30. The monoisotopic (exact) mass is 207 g/mol. The van der Waals surface area contributed by atoms with Gasteiger partial charge >= 0.3 is 0 Å². The Morgan fingerprint density at radius 1 is 1.43 bits per heavy atom. The summed E-state index contributed by atoms with van der Waals surface area (Å²) < 4.78 is 0. The molecule has 0 radical (unpaired) electrons. The van der Waals surface area contributed by atoms with Gasteiger partial charge < -0.3 is 5.11 Å². The van der Waals surface area contributed by atoms with E-state index in [9.17, 15) is 5.11 Å². The van der Waals surface area contributed by atoms with Crippen molar-refractivity contribution in [2.45, 2.75) is 24.9 Å². The van der Waals surface area contributed by atoms with Crippen molar-refractivity contribution in [2.24, 2.45) is 0 Å². The van der Waals surface area contributed by atoms with Crippen LogP contribution in [0.1, 0.15) is 29.9 Å². The number of benzene rings is 1.